The zero-order valence-corrected chi connectivity index (χ0v) is 14.3. The molecule has 2 N–H and O–H groups in total. The minimum Gasteiger partial charge on any atom is -0.371 e. The molecule has 1 saturated heterocycles. The van der Waals surface area contributed by atoms with E-state index in [4.69, 9.17) is 0 Å². The van der Waals surface area contributed by atoms with Crippen LogP contribution in [-0.4, -0.2) is 39.1 Å². The van der Waals surface area contributed by atoms with E-state index in [1.807, 2.05) is 20.0 Å². The van der Waals surface area contributed by atoms with E-state index in [0.717, 1.165) is 37.1 Å². The van der Waals surface area contributed by atoms with Gasteiger partial charge >= 0.3 is 0 Å². The van der Waals surface area contributed by atoms with Crippen LogP contribution in [0.4, 0.5) is 5.69 Å². The predicted molar refractivity (Wildman–Crippen MR) is 90.6 cm³/mol. The summed E-state index contributed by atoms with van der Waals surface area (Å²) in [4.78, 5) is 14.3. The van der Waals surface area contributed by atoms with E-state index in [9.17, 15) is 4.79 Å². The second-order valence-corrected chi connectivity index (χ2v) is 6.70. The molecule has 0 saturated carbocycles. The topological polar surface area (TPSA) is 44.4 Å². The third-order valence-electron chi connectivity index (χ3n) is 3.98. The number of carbonyl (C=O) groups is 1. The predicted octanol–water partition coefficient (Wildman–Crippen LogP) is 2.25. The van der Waals surface area contributed by atoms with Gasteiger partial charge in [-0.15, -0.1) is 0 Å². The Labute approximate surface area is 135 Å². The van der Waals surface area contributed by atoms with Crippen molar-refractivity contribution in [2.45, 2.75) is 13.3 Å². The summed E-state index contributed by atoms with van der Waals surface area (Å²) in [5, 5.41) is 6.11. The van der Waals surface area contributed by atoms with Crippen molar-refractivity contribution in [2.24, 2.45) is 11.8 Å². The number of benzene rings is 1. The molecule has 1 aliphatic heterocycles. The van der Waals surface area contributed by atoms with Crippen LogP contribution in [0.2, 0.25) is 0 Å². The highest BCUT2D eigenvalue weighted by molar-refractivity contribution is 9.10. The van der Waals surface area contributed by atoms with Gasteiger partial charge in [0.05, 0.1) is 0 Å². The molecule has 2 rings (SSSR count). The Balaban J connectivity index is 1.79. The number of nitrogens with one attached hydrogen (secondary N) is 2. The van der Waals surface area contributed by atoms with Crippen LogP contribution in [0.25, 0.3) is 0 Å². The van der Waals surface area contributed by atoms with E-state index in [1.54, 1.807) is 0 Å². The van der Waals surface area contributed by atoms with E-state index in [1.165, 1.54) is 5.69 Å². The minimum atomic E-state index is 0.0255. The van der Waals surface area contributed by atoms with Gasteiger partial charge in [0.2, 0.25) is 5.91 Å². The monoisotopic (exact) mass is 353 g/mol. The second-order valence-electron chi connectivity index (χ2n) is 5.78. The number of nitrogens with zero attached hydrogens (tertiary/aromatic N) is 1. The number of anilines is 1. The molecule has 2 unspecified atom stereocenters. The molecule has 0 radical (unpaired) electrons. The molecular weight excluding hydrogens is 330 g/mol. The van der Waals surface area contributed by atoms with E-state index >= 15 is 0 Å². The van der Waals surface area contributed by atoms with Crippen molar-refractivity contribution >= 4 is 27.5 Å². The van der Waals surface area contributed by atoms with Gasteiger partial charge < -0.3 is 15.5 Å². The van der Waals surface area contributed by atoms with Gasteiger partial charge in [0, 0.05) is 42.3 Å². The average Bonchev–Trinajstić information content (AvgIpc) is 2.94. The fourth-order valence-corrected chi connectivity index (χ4v) is 3.11. The van der Waals surface area contributed by atoms with Gasteiger partial charge in [0.1, 0.15) is 0 Å². The van der Waals surface area contributed by atoms with Crippen LogP contribution in [-0.2, 0) is 4.79 Å². The van der Waals surface area contributed by atoms with Gasteiger partial charge in [-0.3, -0.25) is 4.79 Å². The standard InChI is InChI=1S/C16H24BrN3O/c1-12(9-18-2)16(21)19-10-13-6-7-20(11-13)15-5-3-4-14(17)8-15/h3-5,8,12-13,18H,6-7,9-11H2,1-2H3,(H,19,21). The molecule has 1 aliphatic rings. The first kappa shape index (κ1) is 16.3. The number of carbonyl (C=O) groups excluding carboxylic acids is 1. The molecule has 1 amide bonds. The van der Waals surface area contributed by atoms with Crippen LogP contribution < -0.4 is 15.5 Å². The van der Waals surface area contributed by atoms with Crippen LogP contribution in [0.1, 0.15) is 13.3 Å². The summed E-state index contributed by atoms with van der Waals surface area (Å²) >= 11 is 3.52. The molecule has 21 heavy (non-hydrogen) atoms. The summed E-state index contributed by atoms with van der Waals surface area (Å²) in [5.41, 5.74) is 1.25. The number of hydrogen-bond acceptors (Lipinski definition) is 3. The molecule has 1 heterocycles. The Morgan fingerprint density at radius 1 is 1.52 bits per heavy atom. The van der Waals surface area contributed by atoms with Gasteiger partial charge in [0.15, 0.2) is 0 Å². The van der Waals surface area contributed by atoms with Gasteiger partial charge in [-0.05, 0) is 37.6 Å². The van der Waals surface area contributed by atoms with Crippen LogP contribution >= 0.6 is 15.9 Å². The van der Waals surface area contributed by atoms with Crippen molar-refractivity contribution in [3.8, 4) is 0 Å². The van der Waals surface area contributed by atoms with E-state index in [2.05, 4.69) is 49.7 Å². The lowest BCUT2D eigenvalue weighted by molar-refractivity contribution is -0.124. The molecule has 1 aromatic carbocycles. The number of rotatable bonds is 6. The molecule has 1 aromatic rings. The van der Waals surface area contributed by atoms with Crippen LogP contribution in [0, 0.1) is 11.8 Å². The minimum absolute atomic E-state index is 0.0255. The summed E-state index contributed by atoms with van der Waals surface area (Å²) in [5.74, 6) is 0.706. The Bertz CT molecular complexity index is 480. The highest BCUT2D eigenvalue weighted by Crippen LogP contribution is 2.25. The van der Waals surface area contributed by atoms with Crippen molar-refractivity contribution in [3.05, 3.63) is 28.7 Å². The molecule has 4 nitrogen and oxygen atoms in total. The van der Waals surface area contributed by atoms with E-state index in [-0.39, 0.29) is 11.8 Å². The highest BCUT2D eigenvalue weighted by atomic mass is 79.9. The Morgan fingerprint density at radius 3 is 3.05 bits per heavy atom. The highest BCUT2D eigenvalue weighted by Gasteiger charge is 2.23. The van der Waals surface area contributed by atoms with Crippen molar-refractivity contribution in [2.75, 3.05) is 38.1 Å². The molecule has 0 spiro atoms. The summed E-state index contributed by atoms with van der Waals surface area (Å²) in [6.07, 6.45) is 1.13. The third-order valence-corrected chi connectivity index (χ3v) is 4.48. The lowest BCUT2D eigenvalue weighted by Gasteiger charge is -2.19. The lowest BCUT2D eigenvalue weighted by Crippen LogP contribution is -2.37. The lowest BCUT2D eigenvalue weighted by atomic mass is 10.1. The first-order valence-electron chi connectivity index (χ1n) is 7.53. The SMILES string of the molecule is CNCC(C)C(=O)NCC1CCN(c2cccc(Br)c2)C1. The normalized spacial score (nSPS) is 19.6. The molecule has 0 bridgehead atoms. The molecule has 1 fully saturated rings. The van der Waals surface area contributed by atoms with Crippen molar-refractivity contribution in [3.63, 3.8) is 0 Å². The molecule has 2 atom stereocenters. The van der Waals surface area contributed by atoms with Gasteiger partial charge in [0.25, 0.3) is 0 Å². The van der Waals surface area contributed by atoms with Crippen LogP contribution in [0.15, 0.2) is 28.7 Å². The molecule has 116 valence electrons. The Morgan fingerprint density at radius 2 is 2.33 bits per heavy atom. The van der Waals surface area contributed by atoms with Crippen molar-refractivity contribution in [1.29, 1.82) is 0 Å². The maximum absolute atomic E-state index is 11.9. The number of halogens is 1. The van der Waals surface area contributed by atoms with E-state index in [0.29, 0.717) is 5.92 Å². The van der Waals surface area contributed by atoms with Crippen molar-refractivity contribution < 1.29 is 4.79 Å². The average molecular weight is 354 g/mol. The Hall–Kier alpha value is -1.07. The summed E-state index contributed by atoms with van der Waals surface area (Å²) in [7, 11) is 1.87. The largest absolute Gasteiger partial charge is 0.371 e. The van der Waals surface area contributed by atoms with Gasteiger partial charge in [-0.2, -0.15) is 0 Å². The third kappa shape index (κ3) is 4.71. The smallest absolute Gasteiger partial charge is 0.224 e. The van der Waals surface area contributed by atoms with Crippen molar-refractivity contribution in [1.82, 2.24) is 10.6 Å². The van der Waals surface area contributed by atoms with Crippen LogP contribution in [0.3, 0.4) is 0 Å². The van der Waals surface area contributed by atoms with Gasteiger partial charge in [-0.25, -0.2) is 0 Å². The first-order valence-corrected chi connectivity index (χ1v) is 8.32. The number of hydrogen-bond donors (Lipinski definition) is 2. The van der Waals surface area contributed by atoms with E-state index < -0.39 is 0 Å². The molecule has 5 heteroatoms. The molecule has 0 aromatic heterocycles. The summed E-state index contributed by atoms with van der Waals surface area (Å²) in [6, 6.07) is 8.39. The maximum atomic E-state index is 11.9. The Kier molecular flexibility index (Phi) is 6.06. The number of amides is 1. The maximum Gasteiger partial charge on any atom is 0.224 e. The molecule has 0 aliphatic carbocycles. The second kappa shape index (κ2) is 7.80. The zero-order valence-electron chi connectivity index (χ0n) is 12.7. The molecular formula is C16H24BrN3O. The summed E-state index contributed by atoms with van der Waals surface area (Å²) in [6.45, 7) is 5.52. The first-order chi connectivity index (χ1) is 10.1. The quantitative estimate of drug-likeness (QED) is 0.824. The zero-order chi connectivity index (χ0) is 15.2. The summed E-state index contributed by atoms with van der Waals surface area (Å²) < 4.78 is 1.11. The fourth-order valence-electron chi connectivity index (χ4n) is 2.72. The fraction of sp³-hybridized carbons (Fsp3) is 0.562. The van der Waals surface area contributed by atoms with Crippen LogP contribution in [0.5, 0.6) is 0 Å². The van der Waals surface area contributed by atoms with Gasteiger partial charge in [-0.1, -0.05) is 28.9 Å².